The van der Waals surface area contributed by atoms with Crippen molar-refractivity contribution >= 4 is 23.2 Å². The van der Waals surface area contributed by atoms with Gasteiger partial charge >= 0.3 is 6.18 Å². The number of benzene rings is 1. The molecule has 0 radical (unpaired) electrons. The van der Waals surface area contributed by atoms with Gasteiger partial charge in [0.15, 0.2) is 5.65 Å². The fourth-order valence-electron chi connectivity index (χ4n) is 2.54. The number of carbonyl (C=O) groups is 1. The van der Waals surface area contributed by atoms with Crippen molar-refractivity contribution in [3.8, 4) is 0 Å². The highest BCUT2D eigenvalue weighted by molar-refractivity contribution is 6.30. The Morgan fingerprint density at radius 1 is 1.19 bits per heavy atom. The van der Waals surface area contributed by atoms with Crippen LogP contribution < -0.4 is 5.32 Å². The molecule has 1 amide bonds. The van der Waals surface area contributed by atoms with E-state index in [1.807, 2.05) is 30.3 Å². The predicted molar refractivity (Wildman–Crippen MR) is 89.9 cm³/mol. The highest BCUT2D eigenvalue weighted by Crippen LogP contribution is 2.33. The van der Waals surface area contributed by atoms with Crippen molar-refractivity contribution in [1.82, 2.24) is 19.9 Å². The van der Waals surface area contributed by atoms with Gasteiger partial charge in [0.1, 0.15) is 11.4 Å². The standard InChI is InChI=1S/C17H14ClF3N4O/c18-12-9-13(17(19,20)21)16-24-23-14(25(16)10-12)6-7-22-15(26)8-11-4-2-1-3-5-11/h1-5,9-10H,6-8H2,(H,22,26). The van der Waals surface area contributed by atoms with Crippen LogP contribution in [0.2, 0.25) is 5.02 Å². The molecule has 0 bridgehead atoms. The quantitative estimate of drug-likeness (QED) is 0.736. The Kier molecular flexibility index (Phi) is 5.13. The number of aromatic nitrogens is 3. The van der Waals surface area contributed by atoms with Crippen molar-refractivity contribution in [2.75, 3.05) is 6.54 Å². The van der Waals surface area contributed by atoms with E-state index in [9.17, 15) is 18.0 Å². The smallest absolute Gasteiger partial charge is 0.355 e. The average molecular weight is 383 g/mol. The molecule has 0 aliphatic rings. The largest absolute Gasteiger partial charge is 0.420 e. The van der Waals surface area contributed by atoms with Crippen molar-refractivity contribution in [3.05, 3.63) is 64.6 Å². The van der Waals surface area contributed by atoms with Gasteiger partial charge in [0, 0.05) is 19.2 Å². The number of nitrogens with one attached hydrogen (secondary N) is 1. The molecule has 26 heavy (non-hydrogen) atoms. The van der Waals surface area contributed by atoms with Gasteiger partial charge in [-0.2, -0.15) is 13.2 Å². The first-order valence-electron chi connectivity index (χ1n) is 7.75. The van der Waals surface area contributed by atoms with Crippen molar-refractivity contribution in [3.63, 3.8) is 0 Å². The summed E-state index contributed by atoms with van der Waals surface area (Å²) in [5.41, 5.74) is -0.385. The second-order valence-electron chi connectivity index (χ2n) is 5.64. The van der Waals surface area contributed by atoms with Gasteiger partial charge in [0.05, 0.1) is 11.4 Å². The topological polar surface area (TPSA) is 59.3 Å². The molecule has 0 spiro atoms. The van der Waals surface area contributed by atoms with E-state index in [1.54, 1.807) is 0 Å². The lowest BCUT2D eigenvalue weighted by Gasteiger charge is -2.09. The number of hydrogen-bond acceptors (Lipinski definition) is 3. The molecule has 0 fully saturated rings. The maximum Gasteiger partial charge on any atom is 0.420 e. The third kappa shape index (κ3) is 4.13. The van der Waals surface area contributed by atoms with Gasteiger partial charge in [-0.05, 0) is 11.6 Å². The van der Waals surface area contributed by atoms with E-state index in [0.29, 0.717) is 0 Å². The summed E-state index contributed by atoms with van der Waals surface area (Å²) in [5.74, 6) is 0.104. The minimum Gasteiger partial charge on any atom is -0.355 e. The van der Waals surface area contributed by atoms with Crippen LogP contribution >= 0.6 is 11.6 Å². The van der Waals surface area contributed by atoms with E-state index in [1.165, 1.54) is 10.6 Å². The van der Waals surface area contributed by atoms with E-state index in [0.717, 1.165) is 11.6 Å². The molecule has 0 unspecified atom stereocenters. The SMILES string of the molecule is O=C(Cc1ccccc1)NCCc1nnc2c(C(F)(F)F)cc(Cl)cn12. The second kappa shape index (κ2) is 7.33. The number of amides is 1. The third-order valence-electron chi connectivity index (χ3n) is 3.73. The molecule has 1 aromatic carbocycles. The summed E-state index contributed by atoms with van der Waals surface area (Å²) >= 11 is 5.79. The summed E-state index contributed by atoms with van der Waals surface area (Å²) in [7, 11) is 0. The molecule has 136 valence electrons. The Morgan fingerprint density at radius 2 is 1.92 bits per heavy atom. The van der Waals surface area contributed by atoms with Crippen LogP contribution in [0.3, 0.4) is 0 Å². The summed E-state index contributed by atoms with van der Waals surface area (Å²) in [6.45, 7) is 0.223. The number of rotatable bonds is 5. The molecule has 0 saturated carbocycles. The van der Waals surface area contributed by atoms with Crippen LogP contribution in [0.25, 0.3) is 5.65 Å². The van der Waals surface area contributed by atoms with Crippen LogP contribution in [-0.4, -0.2) is 27.0 Å². The zero-order valence-corrected chi connectivity index (χ0v) is 14.2. The molecule has 0 atom stereocenters. The summed E-state index contributed by atoms with van der Waals surface area (Å²) in [4.78, 5) is 11.9. The highest BCUT2D eigenvalue weighted by atomic mass is 35.5. The average Bonchev–Trinajstić information content (AvgIpc) is 2.97. The van der Waals surface area contributed by atoms with E-state index in [2.05, 4.69) is 15.5 Å². The molecule has 2 heterocycles. The van der Waals surface area contributed by atoms with Gasteiger partial charge in [-0.1, -0.05) is 41.9 Å². The van der Waals surface area contributed by atoms with Crippen LogP contribution in [-0.2, 0) is 23.8 Å². The number of carbonyl (C=O) groups excluding carboxylic acids is 1. The van der Waals surface area contributed by atoms with Crippen LogP contribution in [0.4, 0.5) is 13.2 Å². The van der Waals surface area contributed by atoms with Crippen molar-refractivity contribution in [1.29, 1.82) is 0 Å². The lowest BCUT2D eigenvalue weighted by atomic mass is 10.1. The lowest BCUT2D eigenvalue weighted by Crippen LogP contribution is -2.27. The molecular formula is C17H14ClF3N4O. The van der Waals surface area contributed by atoms with Crippen molar-refractivity contribution < 1.29 is 18.0 Å². The number of halogens is 4. The number of nitrogens with zero attached hydrogens (tertiary/aromatic N) is 3. The zero-order chi connectivity index (χ0) is 18.7. The highest BCUT2D eigenvalue weighted by Gasteiger charge is 2.35. The predicted octanol–water partition coefficient (Wildman–Crippen LogP) is 3.30. The Hall–Kier alpha value is -2.61. The minimum absolute atomic E-state index is 0.0704. The minimum atomic E-state index is -4.58. The first-order chi connectivity index (χ1) is 12.3. The van der Waals surface area contributed by atoms with Crippen LogP contribution in [0, 0.1) is 0 Å². The Morgan fingerprint density at radius 3 is 2.62 bits per heavy atom. The normalized spacial score (nSPS) is 11.7. The molecule has 0 aliphatic heterocycles. The number of hydrogen-bond donors (Lipinski definition) is 1. The molecule has 3 rings (SSSR count). The fraction of sp³-hybridized carbons (Fsp3) is 0.235. The maximum atomic E-state index is 13.1. The Labute approximate surface area is 151 Å². The first kappa shape index (κ1) is 18.2. The van der Waals surface area contributed by atoms with E-state index < -0.39 is 11.7 Å². The lowest BCUT2D eigenvalue weighted by molar-refractivity contribution is -0.136. The molecule has 5 nitrogen and oxygen atoms in total. The molecular weight excluding hydrogens is 369 g/mol. The maximum absolute atomic E-state index is 13.1. The van der Waals surface area contributed by atoms with E-state index in [4.69, 9.17) is 11.6 Å². The second-order valence-corrected chi connectivity index (χ2v) is 6.08. The summed E-state index contributed by atoms with van der Waals surface area (Å²) in [5, 5.41) is 10.1. The summed E-state index contributed by atoms with van der Waals surface area (Å²) < 4.78 is 40.4. The van der Waals surface area contributed by atoms with Gasteiger partial charge in [0.2, 0.25) is 5.91 Å². The molecule has 9 heteroatoms. The van der Waals surface area contributed by atoms with E-state index >= 15 is 0 Å². The molecule has 1 N–H and O–H groups in total. The summed E-state index contributed by atoms with van der Waals surface area (Å²) in [6, 6.07) is 10.0. The van der Waals surface area contributed by atoms with Gasteiger partial charge in [-0.25, -0.2) is 0 Å². The van der Waals surface area contributed by atoms with Gasteiger partial charge in [-0.15, -0.1) is 10.2 Å². The molecule has 0 saturated heterocycles. The molecule has 2 aromatic heterocycles. The van der Waals surface area contributed by atoms with Crippen molar-refractivity contribution in [2.45, 2.75) is 19.0 Å². The zero-order valence-electron chi connectivity index (χ0n) is 13.4. The third-order valence-corrected chi connectivity index (χ3v) is 3.93. The summed E-state index contributed by atoms with van der Waals surface area (Å²) in [6.07, 6.45) is -2.81. The van der Waals surface area contributed by atoms with Crippen LogP contribution in [0.15, 0.2) is 42.6 Å². The van der Waals surface area contributed by atoms with Gasteiger partial charge in [-0.3, -0.25) is 9.20 Å². The molecule has 3 aromatic rings. The van der Waals surface area contributed by atoms with Gasteiger partial charge in [0.25, 0.3) is 0 Å². The number of alkyl halides is 3. The monoisotopic (exact) mass is 382 g/mol. The van der Waals surface area contributed by atoms with Gasteiger partial charge < -0.3 is 5.32 Å². The first-order valence-corrected chi connectivity index (χ1v) is 8.13. The Balaban J connectivity index is 1.68. The van der Waals surface area contributed by atoms with Crippen LogP contribution in [0.1, 0.15) is 17.0 Å². The number of fused-ring (bicyclic) bond motifs is 1. The molecule has 0 aliphatic carbocycles. The Bertz CT molecular complexity index is 925. The number of pyridine rings is 1. The van der Waals surface area contributed by atoms with E-state index in [-0.39, 0.29) is 41.8 Å². The van der Waals surface area contributed by atoms with Crippen LogP contribution in [0.5, 0.6) is 0 Å². The fourth-order valence-corrected chi connectivity index (χ4v) is 2.75. The van der Waals surface area contributed by atoms with Crippen molar-refractivity contribution in [2.24, 2.45) is 0 Å².